The Labute approximate surface area is 126 Å². The van der Waals surface area contributed by atoms with Crippen LogP contribution < -0.4 is 5.32 Å². The minimum Gasteiger partial charge on any atom is -0.467 e. The second-order valence-electron chi connectivity index (χ2n) is 5.05. The largest absolute Gasteiger partial charge is 0.467 e. The molecule has 2 heterocycles. The van der Waals surface area contributed by atoms with Crippen molar-refractivity contribution in [3.63, 3.8) is 0 Å². The predicted molar refractivity (Wildman–Crippen MR) is 77.1 cm³/mol. The van der Waals surface area contributed by atoms with Gasteiger partial charge in [0.2, 0.25) is 5.91 Å². The number of hydrogen-bond acceptors (Lipinski definition) is 4. The molecule has 0 aliphatic carbocycles. The molecule has 1 N–H and O–H groups in total. The number of fused-ring (bicyclic) bond motifs is 1. The molecule has 6 nitrogen and oxygen atoms in total. The van der Waals surface area contributed by atoms with Crippen LogP contribution in [0.15, 0.2) is 47.1 Å². The minimum atomic E-state index is -0.443. The van der Waals surface area contributed by atoms with Crippen molar-refractivity contribution in [2.24, 2.45) is 0 Å². The van der Waals surface area contributed by atoms with E-state index in [0.717, 1.165) is 4.90 Å². The Kier molecular flexibility index (Phi) is 3.50. The lowest BCUT2D eigenvalue weighted by Crippen LogP contribution is -2.41. The van der Waals surface area contributed by atoms with E-state index in [1.807, 2.05) is 0 Å². The third-order valence-corrected chi connectivity index (χ3v) is 3.53. The molecule has 22 heavy (non-hydrogen) atoms. The fourth-order valence-corrected chi connectivity index (χ4v) is 2.42. The maximum absolute atomic E-state index is 12.2. The van der Waals surface area contributed by atoms with Crippen LogP contribution in [0, 0.1) is 0 Å². The fourth-order valence-electron chi connectivity index (χ4n) is 2.42. The molecule has 0 radical (unpaired) electrons. The van der Waals surface area contributed by atoms with Gasteiger partial charge in [-0.25, -0.2) is 0 Å². The quantitative estimate of drug-likeness (QED) is 0.872. The summed E-state index contributed by atoms with van der Waals surface area (Å²) in [5, 5.41) is 2.70. The third-order valence-electron chi connectivity index (χ3n) is 3.53. The number of nitrogens with zero attached hydrogens (tertiary/aromatic N) is 1. The highest BCUT2D eigenvalue weighted by atomic mass is 16.3. The first-order valence-corrected chi connectivity index (χ1v) is 6.86. The Morgan fingerprint density at radius 2 is 1.77 bits per heavy atom. The van der Waals surface area contributed by atoms with E-state index in [4.69, 9.17) is 4.42 Å². The number of amides is 3. The van der Waals surface area contributed by atoms with Crippen LogP contribution in [0.2, 0.25) is 0 Å². The van der Waals surface area contributed by atoms with E-state index >= 15 is 0 Å². The van der Waals surface area contributed by atoms with Gasteiger partial charge in [0.05, 0.1) is 23.4 Å². The zero-order valence-electron chi connectivity index (χ0n) is 11.9. The smallest absolute Gasteiger partial charge is 0.262 e. The van der Waals surface area contributed by atoms with Crippen LogP contribution in [0.5, 0.6) is 0 Å². The van der Waals surface area contributed by atoms with Gasteiger partial charge in [0.15, 0.2) is 0 Å². The fraction of sp³-hybridized carbons (Fsp3) is 0.188. The van der Waals surface area contributed by atoms with E-state index in [0.29, 0.717) is 16.9 Å². The number of carbonyl (C=O) groups is 3. The van der Waals surface area contributed by atoms with Crippen molar-refractivity contribution in [1.29, 1.82) is 0 Å². The van der Waals surface area contributed by atoms with E-state index in [9.17, 15) is 14.4 Å². The molecule has 2 aromatic rings. The lowest BCUT2D eigenvalue weighted by atomic mass is 10.1. The zero-order chi connectivity index (χ0) is 15.7. The van der Waals surface area contributed by atoms with E-state index < -0.39 is 17.7 Å². The molecule has 6 heteroatoms. The maximum Gasteiger partial charge on any atom is 0.262 e. The Hall–Kier alpha value is -2.89. The number of nitrogens with one attached hydrogen (secondary N) is 1. The van der Waals surface area contributed by atoms with Gasteiger partial charge in [-0.05, 0) is 31.2 Å². The summed E-state index contributed by atoms with van der Waals surface area (Å²) in [5.41, 5.74) is 0.666. The summed E-state index contributed by atoms with van der Waals surface area (Å²) in [4.78, 5) is 37.3. The van der Waals surface area contributed by atoms with Gasteiger partial charge in [-0.1, -0.05) is 12.1 Å². The van der Waals surface area contributed by atoms with Crippen molar-refractivity contribution in [2.75, 3.05) is 6.54 Å². The average Bonchev–Trinajstić information content (AvgIpc) is 3.12. The number of imide groups is 1. The number of furan rings is 1. The maximum atomic E-state index is 12.2. The van der Waals surface area contributed by atoms with Crippen LogP contribution in [-0.2, 0) is 4.79 Å². The van der Waals surface area contributed by atoms with Crippen molar-refractivity contribution >= 4 is 17.7 Å². The zero-order valence-corrected chi connectivity index (χ0v) is 11.9. The highest BCUT2D eigenvalue weighted by molar-refractivity contribution is 6.22. The first-order chi connectivity index (χ1) is 10.6. The molecule has 0 spiro atoms. The molecule has 3 rings (SSSR count). The van der Waals surface area contributed by atoms with Crippen LogP contribution in [0.4, 0.5) is 0 Å². The topological polar surface area (TPSA) is 79.6 Å². The van der Waals surface area contributed by atoms with E-state index in [1.165, 1.54) is 6.26 Å². The van der Waals surface area contributed by atoms with E-state index in [2.05, 4.69) is 5.32 Å². The Morgan fingerprint density at radius 3 is 2.32 bits per heavy atom. The number of rotatable bonds is 4. The molecule has 0 bridgehead atoms. The average molecular weight is 298 g/mol. The molecule has 1 aromatic carbocycles. The van der Waals surface area contributed by atoms with Crippen molar-refractivity contribution in [3.8, 4) is 0 Å². The Balaban J connectivity index is 1.68. The van der Waals surface area contributed by atoms with Gasteiger partial charge < -0.3 is 9.73 Å². The standard InChI is InChI=1S/C16H14N2O4/c1-10(13-7-4-8-22-13)17-14(19)9-18-15(20)11-5-2-3-6-12(11)16(18)21/h2-8,10H,9H2,1H3,(H,17,19)/t10-/m0/s1. The van der Waals surface area contributed by atoms with E-state index in [-0.39, 0.29) is 12.6 Å². The highest BCUT2D eigenvalue weighted by Gasteiger charge is 2.36. The molecule has 1 aliphatic rings. The number of hydrogen-bond donors (Lipinski definition) is 1. The molecule has 3 amide bonds. The Bertz CT molecular complexity index is 701. The molecule has 0 fully saturated rings. The van der Waals surface area contributed by atoms with E-state index in [1.54, 1.807) is 43.3 Å². The van der Waals surface area contributed by atoms with Crippen LogP contribution in [0.3, 0.4) is 0 Å². The monoisotopic (exact) mass is 298 g/mol. The second kappa shape index (κ2) is 5.48. The van der Waals surface area contributed by atoms with Gasteiger partial charge in [0.25, 0.3) is 11.8 Å². The van der Waals surface area contributed by atoms with Gasteiger partial charge in [0.1, 0.15) is 12.3 Å². The molecule has 0 saturated heterocycles. The van der Waals surface area contributed by atoms with Crippen LogP contribution in [0.1, 0.15) is 39.4 Å². The van der Waals surface area contributed by atoms with Crippen LogP contribution >= 0.6 is 0 Å². The number of carbonyl (C=O) groups excluding carboxylic acids is 3. The molecule has 1 aliphatic heterocycles. The molecule has 0 unspecified atom stereocenters. The van der Waals surface area contributed by atoms with Crippen molar-refractivity contribution in [3.05, 3.63) is 59.5 Å². The van der Waals surface area contributed by atoms with Gasteiger partial charge >= 0.3 is 0 Å². The van der Waals surface area contributed by atoms with Gasteiger partial charge in [-0.3, -0.25) is 19.3 Å². The van der Waals surface area contributed by atoms with Crippen LogP contribution in [-0.4, -0.2) is 29.2 Å². The van der Waals surface area contributed by atoms with Gasteiger partial charge in [-0.15, -0.1) is 0 Å². The minimum absolute atomic E-state index is 0.308. The first kappa shape index (κ1) is 14.1. The summed E-state index contributed by atoms with van der Waals surface area (Å²) in [6.45, 7) is 1.45. The highest BCUT2D eigenvalue weighted by Crippen LogP contribution is 2.22. The Morgan fingerprint density at radius 1 is 1.14 bits per heavy atom. The molecule has 1 atom stereocenters. The third kappa shape index (κ3) is 2.39. The van der Waals surface area contributed by atoms with Crippen molar-refractivity contribution in [1.82, 2.24) is 10.2 Å². The van der Waals surface area contributed by atoms with Gasteiger partial charge in [-0.2, -0.15) is 0 Å². The summed E-state index contributed by atoms with van der Waals surface area (Å²) < 4.78 is 5.20. The first-order valence-electron chi connectivity index (χ1n) is 6.86. The SMILES string of the molecule is C[C@H](NC(=O)CN1C(=O)c2ccccc2C1=O)c1ccco1. The molecule has 1 aromatic heterocycles. The summed E-state index contributed by atoms with van der Waals surface area (Å²) in [7, 11) is 0. The molecular formula is C16H14N2O4. The van der Waals surface area contributed by atoms with Crippen LogP contribution in [0.25, 0.3) is 0 Å². The summed E-state index contributed by atoms with van der Waals surface area (Å²) in [5.74, 6) is -0.697. The molecular weight excluding hydrogens is 284 g/mol. The lowest BCUT2D eigenvalue weighted by molar-refractivity contribution is -0.122. The number of benzene rings is 1. The molecule has 0 saturated carbocycles. The summed E-state index contributed by atoms with van der Waals surface area (Å²) >= 11 is 0. The predicted octanol–water partition coefficient (Wildman–Crippen LogP) is 1.75. The van der Waals surface area contributed by atoms with Crippen molar-refractivity contribution < 1.29 is 18.8 Å². The molecule has 112 valence electrons. The second-order valence-corrected chi connectivity index (χ2v) is 5.05. The summed E-state index contributed by atoms with van der Waals surface area (Å²) in [6, 6.07) is 9.67. The van der Waals surface area contributed by atoms with Gasteiger partial charge in [0, 0.05) is 0 Å². The lowest BCUT2D eigenvalue weighted by Gasteiger charge is -2.16. The van der Waals surface area contributed by atoms with Crippen molar-refractivity contribution in [2.45, 2.75) is 13.0 Å². The normalized spacial score (nSPS) is 14.9. The summed E-state index contributed by atoms with van der Waals surface area (Å²) in [6.07, 6.45) is 1.52.